The molecule has 32 heavy (non-hydrogen) atoms. The van der Waals surface area contributed by atoms with Crippen molar-refractivity contribution in [2.75, 3.05) is 5.32 Å². The molecule has 1 N–H and O–H groups in total. The lowest BCUT2D eigenvalue weighted by molar-refractivity contribution is 0.102. The van der Waals surface area contributed by atoms with E-state index in [2.05, 4.69) is 20.6 Å². The first-order valence-electron chi connectivity index (χ1n) is 9.82. The minimum absolute atomic E-state index is 0.0123. The van der Waals surface area contributed by atoms with E-state index >= 15 is 0 Å². The Bertz CT molecular complexity index is 1270. The summed E-state index contributed by atoms with van der Waals surface area (Å²) in [5, 5.41) is 10.8. The molecule has 4 rings (SSSR count). The third kappa shape index (κ3) is 4.13. The second-order valence-electron chi connectivity index (χ2n) is 8.26. The molecule has 0 spiro atoms. The molecular formula is C23H20ClFN4O3. The molecule has 0 saturated carbocycles. The maximum absolute atomic E-state index is 14.4. The van der Waals surface area contributed by atoms with Crippen LogP contribution in [0.25, 0.3) is 22.6 Å². The van der Waals surface area contributed by atoms with Gasteiger partial charge in [-0.1, -0.05) is 48.8 Å². The molecule has 1 amide bonds. The Morgan fingerprint density at radius 1 is 1.06 bits per heavy atom. The number of nitrogens with zero attached hydrogens (tertiary/aromatic N) is 3. The Morgan fingerprint density at radius 2 is 1.78 bits per heavy atom. The van der Waals surface area contributed by atoms with Gasteiger partial charge in [0, 0.05) is 16.7 Å². The van der Waals surface area contributed by atoms with Gasteiger partial charge in [0.15, 0.2) is 0 Å². The largest absolute Gasteiger partial charge is 0.360 e. The van der Waals surface area contributed by atoms with Crippen LogP contribution in [0.4, 0.5) is 10.1 Å². The van der Waals surface area contributed by atoms with Crippen LogP contribution in [-0.2, 0) is 5.41 Å². The van der Waals surface area contributed by atoms with Crippen LogP contribution < -0.4 is 5.32 Å². The predicted molar refractivity (Wildman–Crippen MR) is 118 cm³/mol. The summed E-state index contributed by atoms with van der Waals surface area (Å²) in [5.74, 6) is 0.139. The summed E-state index contributed by atoms with van der Waals surface area (Å²) in [7, 11) is 0. The molecule has 0 bridgehead atoms. The molecule has 7 nitrogen and oxygen atoms in total. The highest BCUT2D eigenvalue weighted by atomic mass is 35.5. The monoisotopic (exact) mass is 454 g/mol. The van der Waals surface area contributed by atoms with Gasteiger partial charge in [-0.05, 0) is 43.3 Å². The summed E-state index contributed by atoms with van der Waals surface area (Å²) >= 11 is 6.14. The van der Waals surface area contributed by atoms with Crippen LogP contribution in [0.15, 0.2) is 51.5 Å². The van der Waals surface area contributed by atoms with Gasteiger partial charge in [-0.15, -0.1) is 0 Å². The van der Waals surface area contributed by atoms with E-state index in [0.717, 1.165) is 5.56 Å². The zero-order chi connectivity index (χ0) is 23.0. The van der Waals surface area contributed by atoms with E-state index in [4.69, 9.17) is 20.6 Å². The lowest BCUT2D eigenvalue weighted by atomic mass is 9.97. The fraction of sp³-hybridized carbons (Fsp3) is 0.217. The summed E-state index contributed by atoms with van der Waals surface area (Å²) < 4.78 is 24.9. The Labute approximate surface area is 188 Å². The molecule has 0 saturated heterocycles. The van der Waals surface area contributed by atoms with Gasteiger partial charge in [0.05, 0.1) is 10.6 Å². The minimum Gasteiger partial charge on any atom is -0.360 e. The Morgan fingerprint density at radius 3 is 2.41 bits per heavy atom. The molecule has 0 radical (unpaired) electrons. The first-order chi connectivity index (χ1) is 15.1. The molecular weight excluding hydrogens is 435 g/mol. The minimum atomic E-state index is -0.598. The number of halogens is 2. The highest BCUT2D eigenvalue weighted by molar-refractivity contribution is 6.33. The third-order valence-corrected chi connectivity index (χ3v) is 5.07. The number of carbonyl (C=O) groups excluding carboxylic acids is 1. The molecule has 2 aromatic heterocycles. The van der Waals surface area contributed by atoms with Crippen molar-refractivity contribution in [2.24, 2.45) is 0 Å². The van der Waals surface area contributed by atoms with Gasteiger partial charge in [0.2, 0.25) is 11.7 Å². The summed E-state index contributed by atoms with van der Waals surface area (Å²) in [6, 6.07) is 11.2. The molecule has 9 heteroatoms. The summed E-state index contributed by atoms with van der Waals surface area (Å²) in [6.45, 7) is 7.53. The lowest BCUT2D eigenvalue weighted by Gasteiger charge is -2.10. The standard InChI is InChI=1S/C23H20ClFN4O3/c1-12-17(19(28-31-12)18-15(24)6-5-7-16(18)25)21(30)26-14-10-8-13(9-11-14)20-27-22(32-29-20)23(2,3)4/h5-11H,1-4H3,(H,26,30). The van der Waals surface area contributed by atoms with E-state index in [1.165, 1.54) is 18.2 Å². The average Bonchev–Trinajstić information content (AvgIpc) is 3.36. The number of hydrogen-bond acceptors (Lipinski definition) is 6. The van der Waals surface area contributed by atoms with Crippen LogP contribution in [0.1, 0.15) is 42.8 Å². The van der Waals surface area contributed by atoms with Crippen LogP contribution in [-0.4, -0.2) is 21.2 Å². The number of benzene rings is 2. The second kappa shape index (κ2) is 8.20. The van der Waals surface area contributed by atoms with Crippen molar-refractivity contribution in [1.29, 1.82) is 0 Å². The number of nitrogens with one attached hydrogen (secondary N) is 1. The normalized spacial score (nSPS) is 11.6. The molecule has 2 aromatic carbocycles. The van der Waals surface area contributed by atoms with Gasteiger partial charge in [-0.3, -0.25) is 4.79 Å². The van der Waals surface area contributed by atoms with Gasteiger partial charge >= 0.3 is 0 Å². The van der Waals surface area contributed by atoms with Crippen molar-refractivity contribution in [3.63, 3.8) is 0 Å². The van der Waals surface area contributed by atoms with Crippen LogP contribution in [0.2, 0.25) is 5.02 Å². The van der Waals surface area contributed by atoms with E-state index in [1.807, 2.05) is 20.8 Å². The summed E-state index contributed by atoms with van der Waals surface area (Å²) in [6.07, 6.45) is 0. The van der Waals surface area contributed by atoms with Gasteiger partial charge in [0.1, 0.15) is 22.8 Å². The summed E-state index contributed by atoms with van der Waals surface area (Å²) in [5.41, 5.74) is 1.16. The first kappa shape index (κ1) is 21.7. The first-order valence-corrected chi connectivity index (χ1v) is 10.2. The van der Waals surface area contributed by atoms with E-state index in [0.29, 0.717) is 17.4 Å². The van der Waals surface area contributed by atoms with Crippen molar-refractivity contribution in [3.05, 3.63) is 70.5 Å². The van der Waals surface area contributed by atoms with E-state index in [9.17, 15) is 9.18 Å². The zero-order valence-corrected chi connectivity index (χ0v) is 18.6. The molecule has 0 unspecified atom stereocenters. The molecule has 0 fully saturated rings. The molecule has 0 aliphatic rings. The smallest absolute Gasteiger partial charge is 0.261 e. The van der Waals surface area contributed by atoms with E-state index in [1.54, 1.807) is 31.2 Å². The highest BCUT2D eigenvalue weighted by Gasteiger charge is 2.26. The Balaban J connectivity index is 1.58. The fourth-order valence-electron chi connectivity index (χ4n) is 3.08. The van der Waals surface area contributed by atoms with Crippen LogP contribution >= 0.6 is 11.6 Å². The predicted octanol–water partition coefficient (Wildman–Crippen LogP) is 6.04. The highest BCUT2D eigenvalue weighted by Crippen LogP contribution is 2.34. The fourth-order valence-corrected chi connectivity index (χ4v) is 3.33. The van der Waals surface area contributed by atoms with Crippen molar-refractivity contribution >= 4 is 23.2 Å². The third-order valence-electron chi connectivity index (χ3n) is 4.76. The number of aryl methyl sites for hydroxylation is 1. The second-order valence-corrected chi connectivity index (χ2v) is 8.67. The lowest BCUT2D eigenvalue weighted by Crippen LogP contribution is -2.13. The van der Waals surface area contributed by atoms with Crippen LogP contribution in [0.3, 0.4) is 0 Å². The number of carbonyl (C=O) groups is 1. The molecule has 4 aromatic rings. The molecule has 2 heterocycles. The maximum Gasteiger partial charge on any atom is 0.261 e. The average molecular weight is 455 g/mol. The van der Waals surface area contributed by atoms with E-state index in [-0.39, 0.29) is 33.0 Å². The van der Waals surface area contributed by atoms with E-state index < -0.39 is 11.7 Å². The van der Waals surface area contributed by atoms with Crippen molar-refractivity contribution in [3.8, 4) is 22.6 Å². The number of amides is 1. The maximum atomic E-state index is 14.4. The molecule has 0 aliphatic carbocycles. The molecule has 0 atom stereocenters. The van der Waals surface area contributed by atoms with Gasteiger partial charge in [-0.2, -0.15) is 4.98 Å². The topological polar surface area (TPSA) is 94.1 Å². The molecule has 0 aliphatic heterocycles. The van der Waals surface area contributed by atoms with Crippen molar-refractivity contribution in [1.82, 2.24) is 15.3 Å². The van der Waals surface area contributed by atoms with Crippen LogP contribution in [0.5, 0.6) is 0 Å². The number of rotatable bonds is 4. The zero-order valence-electron chi connectivity index (χ0n) is 17.9. The van der Waals surface area contributed by atoms with Gasteiger partial charge < -0.3 is 14.4 Å². The SMILES string of the molecule is Cc1onc(-c2c(F)cccc2Cl)c1C(=O)Nc1ccc(-c2noc(C(C)(C)C)n2)cc1. The quantitative estimate of drug-likeness (QED) is 0.404. The number of anilines is 1. The van der Waals surface area contributed by atoms with Crippen molar-refractivity contribution < 1.29 is 18.2 Å². The Kier molecular flexibility index (Phi) is 5.56. The molecule has 164 valence electrons. The van der Waals surface area contributed by atoms with Crippen molar-refractivity contribution in [2.45, 2.75) is 33.1 Å². The van der Waals surface area contributed by atoms with Gasteiger partial charge in [0.25, 0.3) is 5.91 Å². The van der Waals surface area contributed by atoms with Crippen LogP contribution in [0, 0.1) is 12.7 Å². The Hall–Kier alpha value is -3.52. The van der Waals surface area contributed by atoms with Gasteiger partial charge in [-0.25, -0.2) is 4.39 Å². The number of hydrogen-bond donors (Lipinski definition) is 1. The summed E-state index contributed by atoms with van der Waals surface area (Å²) in [4.78, 5) is 17.4. The number of aromatic nitrogens is 3.